The Labute approximate surface area is 187 Å². The van der Waals surface area contributed by atoms with Crippen LogP contribution >= 0.6 is 12.2 Å². The monoisotopic (exact) mass is 436 g/mol. The molecule has 1 aromatic heterocycles. The van der Waals surface area contributed by atoms with E-state index in [9.17, 15) is 4.79 Å². The van der Waals surface area contributed by atoms with Gasteiger partial charge in [0.25, 0.3) is 5.91 Å². The molecule has 7 heteroatoms. The van der Waals surface area contributed by atoms with Crippen molar-refractivity contribution < 1.29 is 9.53 Å². The fourth-order valence-corrected chi connectivity index (χ4v) is 4.14. The Kier molecular flexibility index (Phi) is 6.53. The highest BCUT2D eigenvalue weighted by Gasteiger charge is 2.16. The summed E-state index contributed by atoms with van der Waals surface area (Å²) in [7, 11) is 0. The molecule has 2 aromatic carbocycles. The summed E-state index contributed by atoms with van der Waals surface area (Å²) >= 11 is 5.24. The fourth-order valence-electron chi connectivity index (χ4n) is 4.00. The molecule has 162 valence electrons. The molecule has 31 heavy (non-hydrogen) atoms. The third kappa shape index (κ3) is 4.89. The first-order valence-electron chi connectivity index (χ1n) is 10.6. The predicted octanol–water partition coefficient (Wildman–Crippen LogP) is 3.59. The van der Waals surface area contributed by atoms with Gasteiger partial charge in [-0.25, -0.2) is 0 Å². The van der Waals surface area contributed by atoms with Crippen molar-refractivity contribution in [2.24, 2.45) is 0 Å². The molecular weight excluding hydrogens is 408 g/mol. The van der Waals surface area contributed by atoms with Crippen LogP contribution in [0.1, 0.15) is 40.0 Å². The number of rotatable bonds is 5. The van der Waals surface area contributed by atoms with Crippen molar-refractivity contribution >= 4 is 34.1 Å². The molecule has 2 heterocycles. The minimum atomic E-state index is -0.226. The Bertz CT molecular complexity index is 1090. The summed E-state index contributed by atoms with van der Waals surface area (Å²) < 4.78 is 7.86. The molecule has 0 aliphatic carbocycles. The number of nitrogens with zero attached hydrogens (tertiary/aromatic N) is 1. The third-order valence-corrected chi connectivity index (χ3v) is 6.13. The highest BCUT2D eigenvalue weighted by molar-refractivity contribution is 7.80. The van der Waals surface area contributed by atoms with Gasteiger partial charge in [-0.1, -0.05) is 30.3 Å². The van der Waals surface area contributed by atoms with Crippen molar-refractivity contribution in [3.63, 3.8) is 0 Å². The summed E-state index contributed by atoms with van der Waals surface area (Å²) in [4.78, 5) is 12.7. The summed E-state index contributed by atoms with van der Waals surface area (Å²) in [6.07, 6.45) is 2.30. The van der Waals surface area contributed by atoms with Crippen LogP contribution in [0.2, 0.25) is 0 Å². The first-order valence-corrected chi connectivity index (χ1v) is 11.0. The quantitative estimate of drug-likeness (QED) is 0.421. The topological polar surface area (TPSA) is 67.3 Å². The van der Waals surface area contributed by atoms with Crippen LogP contribution < -0.4 is 16.2 Å². The largest absolute Gasteiger partial charge is 0.376 e. The molecule has 6 nitrogen and oxygen atoms in total. The summed E-state index contributed by atoms with van der Waals surface area (Å²) in [6, 6.07) is 16.2. The van der Waals surface area contributed by atoms with E-state index in [1.807, 2.05) is 24.3 Å². The van der Waals surface area contributed by atoms with Crippen LogP contribution in [0.15, 0.2) is 48.5 Å². The van der Waals surface area contributed by atoms with Crippen LogP contribution in [-0.2, 0) is 11.3 Å². The van der Waals surface area contributed by atoms with E-state index in [0.29, 0.717) is 17.2 Å². The van der Waals surface area contributed by atoms with Crippen LogP contribution in [0, 0.1) is 13.8 Å². The number of carbonyl (C=O) groups is 1. The maximum atomic E-state index is 12.7. The number of fused-ring (bicyclic) bond motifs is 1. The minimum absolute atomic E-state index is 0.184. The molecule has 1 fully saturated rings. The lowest BCUT2D eigenvalue weighted by atomic mass is 10.1. The van der Waals surface area contributed by atoms with E-state index in [2.05, 4.69) is 58.8 Å². The molecule has 0 radical (unpaired) electrons. The van der Waals surface area contributed by atoms with Crippen LogP contribution in [0.3, 0.4) is 0 Å². The smallest absolute Gasteiger partial charge is 0.269 e. The van der Waals surface area contributed by atoms with Gasteiger partial charge in [0.05, 0.1) is 6.10 Å². The molecule has 1 amide bonds. The van der Waals surface area contributed by atoms with Gasteiger partial charge in [0.2, 0.25) is 0 Å². The molecule has 1 aliphatic rings. The fraction of sp³-hybridized carbons (Fsp3) is 0.333. The van der Waals surface area contributed by atoms with Crippen molar-refractivity contribution in [1.82, 2.24) is 20.7 Å². The van der Waals surface area contributed by atoms with Gasteiger partial charge < -0.3 is 14.6 Å². The van der Waals surface area contributed by atoms with Crippen molar-refractivity contribution in [2.75, 3.05) is 13.2 Å². The molecule has 4 rings (SSSR count). The van der Waals surface area contributed by atoms with Crippen LogP contribution in [0.5, 0.6) is 0 Å². The highest BCUT2D eigenvalue weighted by atomic mass is 32.1. The summed E-state index contributed by atoms with van der Waals surface area (Å²) in [5.74, 6) is -0.226. The summed E-state index contributed by atoms with van der Waals surface area (Å²) in [6.45, 7) is 6.47. The molecule has 1 atom stereocenters. The molecule has 0 bridgehead atoms. The number of amides is 1. The van der Waals surface area contributed by atoms with Gasteiger partial charge in [-0.05, 0) is 68.2 Å². The average Bonchev–Trinajstić information content (AvgIpc) is 3.40. The zero-order valence-electron chi connectivity index (χ0n) is 17.9. The van der Waals surface area contributed by atoms with Gasteiger partial charge in [-0.2, -0.15) is 0 Å². The van der Waals surface area contributed by atoms with Crippen LogP contribution in [-0.4, -0.2) is 34.8 Å². The number of benzene rings is 2. The number of hydrogen-bond donors (Lipinski definition) is 3. The second kappa shape index (κ2) is 9.49. The van der Waals surface area contributed by atoms with E-state index < -0.39 is 0 Å². The Balaban J connectivity index is 1.43. The lowest BCUT2D eigenvalue weighted by molar-refractivity contribution is 0.0943. The number of nitrogens with one attached hydrogen (secondary N) is 3. The van der Waals surface area contributed by atoms with Gasteiger partial charge in [0.15, 0.2) is 5.11 Å². The summed E-state index contributed by atoms with van der Waals surface area (Å²) in [5, 5.41) is 4.55. The predicted molar refractivity (Wildman–Crippen MR) is 127 cm³/mol. The van der Waals surface area contributed by atoms with Crippen molar-refractivity contribution in [3.8, 4) is 0 Å². The Hall–Kier alpha value is -2.90. The zero-order chi connectivity index (χ0) is 21.8. The van der Waals surface area contributed by atoms with Crippen molar-refractivity contribution in [3.05, 3.63) is 70.9 Å². The van der Waals surface area contributed by atoms with E-state index in [1.54, 1.807) is 0 Å². The molecule has 3 aromatic rings. The molecular formula is C24H28N4O2S. The van der Waals surface area contributed by atoms with E-state index in [0.717, 1.165) is 36.9 Å². The Morgan fingerprint density at radius 3 is 2.71 bits per heavy atom. The molecule has 0 saturated carbocycles. The van der Waals surface area contributed by atoms with Gasteiger partial charge in [-0.3, -0.25) is 15.6 Å². The van der Waals surface area contributed by atoms with Crippen LogP contribution in [0.25, 0.3) is 10.9 Å². The normalized spacial score (nSPS) is 15.7. The van der Waals surface area contributed by atoms with E-state index in [4.69, 9.17) is 17.0 Å². The van der Waals surface area contributed by atoms with Crippen molar-refractivity contribution in [2.45, 2.75) is 39.3 Å². The summed E-state index contributed by atoms with van der Waals surface area (Å²) in [5.41, 5.74) is 10.8. The lowest BCUT2D eigenvalue weighted by Gasteiger charge is -2.14. The Morgan fingerprint density at radius 1 is 1.16 bits per heavy atom. The number of aryl methyl sites for hydroxylation is 1. The second-order valence-electron chi connectivity index (χ2n) is 7.94. The van der Waals surface area contributed by atoms with Gasteiger partial charge >= 0.3 is 0 Å². The van der Waals surface area contributed by atoms with E-state index in [1.165, 1.54) is 16.8 Å². The number of hydrazine groups is 1. The molecule has 3 N–H and O–H groups in total. The minimum Gasteiger partial charge on any atom is -0.376 e. The molecule has 0 unspecified atom stereocenters. The number of hydrogen-bond acceptors (Lipinski definition) is 3. The third-order valence-electron chi connectivity index (χ3n) is 5.89. The second-order valence-corrected chi connectivity index (χ2v) is 8.35. The van der Waals surface area contributed by atoms with E-state index >= 15 is 0 Å². The van der Waals surface area contributed by atoms with Crippen molar-refractivity contribution in [1.29, 1.82) is 0 Å². The molecule has 1 aliphatic heterocycles. The number of ether oxygens (including phenoxy) is 1. The van der Waals surface area contributed by atoms with Gasteiger partial charge in [-0.15, -0.1) is 0 Å². The molecule has 0 spiro atoms. The number of aromatic nitrogens is 1. The first-order chi connectivity index (χ1) is 15.0. The van der Waals surface area contributed by atoms with Gasteiger partial charge in [0, 0.05) is 41.9 Å². The van der Waals surface area contributed by atoms with Crippen LogP contribution in [0.4, 0.5) is 0 Å². The maximum Gasteiger partial charge on any atom is 0.269 e. The SMILES string of the molecule is Cc1c(C)n(Cc2ccccc2)c2ccc(C(=O)NNC(=S)NC[C@H]3CCCO3)cc12. The zero-order valence-corrected chi connectivity index (χ0v) is 18.7. The number of thiocarbonyl (C=S) groups is 1. The molecule has 1 saturated heterocycles. The standard InChI is InChI=1S/C24H28N4O2S/c1-16-17(2)28(15-18-7-4-3-5-8-18)22-11-10-19(13-21(16)22)23(29)26-27-24(31)25-14-20-9-6-12-30-20/h3-5,7-8,10-11,13,20H,6,9,12,14-15H2,1-2H3,(H,26,29)(H2,25,27,31)/t20-/m1/s1. The number of carbonyl (C=O) groups excluding carboxylic acids is 1. The van der Waals surface area contributed by atoms with Gasteiger partial charge in [0.1, 0.15) is 0 Å². The first kappa shape index (κ1) is 21.3. The Morgan fingerprint density at radius 2 is 1.97 bits per heavy atom. The maximum absolute atomic E-state index is 12.7. The average molecular weight is 437 g/mol. The highest BCUT2D eigenvalue weighted by Crippen LogP contribution is 2.27. The lowest BCUT2D eigenvalue weighted by Crippen LogP contribution is -2.48. The van der Waals surface area contributed by atoms with E-state index in [-0.39, 0.29) is 12.0 Å².